The number of hydrogen-bond acceptors (Lipinski definition) is 2. The highest BCUT2D eigenvalue weighted by molar-refractivity contribution is 5.50. The summed E-state index contributed by atoms with van der Waals surface area (Å²) < 4.78 is 0. The van der Waals surface area contributed by atoms with E-state index < -0.39 is 0 Å². The lowest BCUT2D eigenvalue weighted by Crippen LogP contribution is -2.31. The van der Waals surface area contributed by atoms with Gasteiger partial charge >= 0.3 is 0 Å². The minimum Gasteiger partial charge on any atom is -0.381 e. The second-order valence-electron chi connectivity index (χ2n) is 4.17. The van der Waals surface area contributed by atoms with E-state index in [0.717, 1.165) is 12.3 Å². The monoisotopic (exact) mass is 190 g/mol. The zero-order valence-electron chi connectivity index (χ0n) is 8.96. The number of anilines is 1. The quantitative estimate of drug-likeness (QED) is 0.775. The Hall–Kier alpha value is -1.05. The van der Waals surface area contributed by atoms with Crippen LogP contribution in [0, 0.1) is 5.92 Å². The van der Waals surface area contributed by atoms with E-state index in [-0.39, 0.29) is 0 Å². The lowest BCUT2D eigenvalue weighted by Gasteiger charge is -2.30. The van der Waals surface area contributed by atoms with E-state index in [0.29, 0.717) is 6.04 Å². The average molecular weight is 190 g/mol. The highest BCUT2D eigenvalue weighted by atomic mass is 15.0. The van der Waals surface area contributed by atoms with E-state index in [1.807, 2.05) is 12.3 Å². The molecule has 2 nitrogen and oxygen atoms in total. The van der Waals surface area contributed by atoms with Crippen molar-refractivity contribution in [2.45, 2.75) is 39.2 Å². The van der Waals surface area contributed by atoms with Crippen molar-refractivity contribution in [1.29, 1.82) is 0 Å². The maximum absolute atomic E-state index is 4.38. The highest BCUT2D eigenvalue weighted by Gasteiger charge is 2.21. The Kier molecular flexibility index (Phi) is 2.71. The van der Waals surface area contributed by atoms with Gasteiger partial charge in [0.05, 0.1) is 11.4 Å². The molecule has 0 fully saturated rings. The van der Waals surface area contributed by atoms with Crippen molar-refractivity contribution in [3.63, 3.8) is 0 Å². The van der Waals surface area contributed by atoms with Crippen molar-refractivity contribution in [1.82, 2.24) is 4.98 Å². The Balaban J connectivity index is 2.13. The van der Waals surface area contributed by atoms with Crippen LogP contribution in [-0.2, 0) is 6.42 Å². The second-order valence-corrected chi connectivity index (χ2v) is 4.17. The van der Waals surface area contributed by atoms with Crippen LogP contribution in [0.4, 0.5) is 5.69 Å². The first kappa shape index (κ1) is 9.50. The van der Waals surface area contributed by atoms with Gasteiger partial charge in [-0.2, -0.15) is 0 Å². The maximum Gasteiger partial charge on any atom is 0.0635 e. The molecule has 0 saturated carbocycles. The summed E-state index contributed by atoms with van der Waals surface area (Å²) in [6.07, 6.45) is 5.47. The first-order valence-electron chi connectivity index (χ1n) is 5.51. The molecule has 1 N–H and O–H groups in total. The fourth-order valence-corrected chi connectivity index (χ4v) is 2.04. The van der Waals surface area contributed by atoms with Crippen LogP contribution in [0.5, 0.6) is 0 Å². The summed E-state index contributed by atoms with van der Waals surface area (Å²) in [5.41, 5.74) is 2.47. The van der Waals surface area contributed by atoms with Gasteiger partial charge in [0.15, 0.2) is 0 Å². The third-order valence-corrected chi connectivity index (χ3v) is 3.25. The summed E-state index contributed by atoms with van der Waals surface area (Å²) in [5, 5.41) is 3.59. The molecule has 1 aliphatic heterocycles. The molecule has 2 unspecified atom stereocenters. The fraction of sp³-hybridized carbons (Fsp3) is 0.583. The normalized spacial score (nSPS) is 22.3. The first-order valence-corrected chi connectivity index (χ1v) is 5.51. The van der Waals surface area contributed by atoms with Gasteiger partial charge in [0.1, 0.15) is 0 Å². The number of aromatic nitrogens is 1. The number of pyridine rings is 1. The van der Waals surface area contributed by atoms with E-state index in [9.17, 15) is 0 Å². The third kappa shape index (κ3) is 1.74. The lowest BCUT2D eigenvalue weighted by molar-refractivity contribution is 0.434. The molecule has 2 rings (SSSR count). The molecular formula is C12H18N2. The molecule has 2 atom stereocenters. The molecule has 0 radical (unpaired) electrons. The first-order chi connectivity index (χ1) is 6.81. The topological polar surface area (TPSA) is 24.9 Å². The van der Waals surface area contributed by atoms with E-state index in [4.69, 9.17) is 0 Å². The number of hydrogen-bond donors (Lipinski definition) is 1. The molecule has 2 heteroatoms. The molecule has 0 saturated heterocycles. The minimum absolute atomic E-state index is 0.636. The molecule has 0 aromatic carbocycles. The number of nitrogens with one attached hydrogen (secondary N) is 1. The summed E-state index contributed by atoms with van der Waals surface area (Å²) in [5.74, 6) is 0.753. The number of fused-ring (bicyclic) bond motifs is 1. The summed E-state index contributed by atoms with van der Waals surface area (Å²) in [7, 11) is 0. The van der Waals surface area contributed by atoms with Crippen molar-refractivity contribution >= 4 is 5.69 Å². The molecule has 0 amide bonds. The van der Waals surface area contributed by atoms with Crippen molar-refractivity contribution in [2.24, 2.45) is 5.92 Å². The standard InChI is InChI=1S/C12H18N2/c1-3-9(2)10-6-7-11-12(14-10)5-4-8-13-11/h4-5,8-10,14H,3,6-7H2,1-2H3. The SMILES string of the molecule is CCC(C)C1CCc2ncccc2N1. The van der Waals surface area contributed by atoms with Gasteiger partial charge in [0, 0.05) is 12.2 Å². The largest absolute Gasteiger partial charge is 0.381 e. The Morgan fingerprint density at radius 2 is 2.50 bits per heavy atom. The lowest BCUT2D eigenvalue weighted by atomic mass is 9.91. The van der Waals surface area contributed by atoms with Gasteiger partial charge in [-0.3, -0.25) is 4.98 Å². The van der Waals surface area contributed by atoms with Crippen LogP contribution < -0.4 is 5.32 Å². The molecule has 0 bridgehead atoms. The predicted octanol–water partition coefficient (Wildman–Crippen LogP) is 2.85. The van der Waals surface area contributed by atoms with Crippen LogP contribution in [0.3, 0.4) is 0 Å². The second kappa shape index (κ2) is 3.99. The summed E-state index contributed by atoms with van der Waals surface area (Å²) >= 11 is 0. The van der Waals surface area contributed by atoms with E-state index in [1.54, 1.807) is 0 Å². The van der Waals surface area contributed by atoms with Gasteiger partial charge in [0.25, 0.3) is 0 Å². The number of rotatable bonds is 2. The fourth-order valence-electron chi connectivity index (χ4n) is 2.04. The molecule has 0 spiro atoms. The summed E-state index contributed by atoms with van der Waals surface area (Å²) in [6.45, 7) is 4.57. The van der Waals surface area contributed by atoms with Crippen LogP contribution in [0.15, 0.2) is 18.3 Å². The molecule has 0 aliphatic carbocycles. The molecule has 1 aromatic rings. The Morgan fingerprint density at radius 1 is 1.64 bits per heavy atom. The van der Waals surface area contributed by atoms with E-state index >= 15 is 0 Å². The van der Waals surface area contributed by atoms with E-state index in [1.165, 1.54) is 24.2 Å². The van der Waals surface area contributed by atoms with Crippen LogP contribution in [0.25, 0.3) is 0 Å². The Labute approximate surface area is 85.7 Å². The van der Waals surface area contributed by atoms with Crippen molar-refractivity contribution < 1.29 is 0 Å². The zero-order valence-corrected chi connectivity index (χ0v) is 8.96. The van der Waals surface area contributed by atoms with Gasteiger partial charge in [-0.15, -0.1) is 0 Å². The van der Waals surface area contributed by atoms with Gasteiger partial charge in [-0.25, -0.2) is 0 Å². The van der Waals surface area contributed by atoms with Crippen LogP contribution >= 0.6 is 0 Å². The summed E-state index contributed by atoms with van der Waals surface area (Å²) in [6, 6.07) is 4.78. The third-order valence-electron chi connectivity index (χ3n) is 3.25. The Bertz CT molecular complexity index is 309. The predicted molar refractivity (Wildman–Crippen MR) is 59.4 cm³/mol. The molecule has 76 valence electrons. The molecule has 1 aliphatic rings. The molecule has 2 heterocycles. The number of aryl methyl sites for hydroxylation is 1. The molecular weight excluding hydrogens is 172 g/mol. The van der Waals surface area contributed by atoms with Gasteiger partial charge in [-0.05, 0) is 30.9 Å². The van der Waals surface area contributed by atoms with Gasteiger partial charge < -0.3 is 5.32 Å². The Morgan fingerprint density at radius 3 is 3.29 bits per heavy atom. The highest BCUT2D eigenvalue weighted by Crippen LogP contribution is 2.26. The minimum atomic E-state index is 0.636. The maximum atomic E-state index is 4.38. The average Bonchev–Trinajstić information content (AvgIpc) is 2.27. The molecule has 1 aromatic heterocycles. The van der Waals surface area contributed by atoms with Gasteiger partial charge in [-0.1, -0.05) is 20.3 Å². The van der Waals surface area contributed by atoms with Gasteiger partial charge in [0.2, 0.25) is 0 Å². The van der Waals surface area contributed by atoms with Crippen molar-refractivity contribution in [3.05, 3.63) is 24.0 Å². The van der Waals surface area contributed by atoms with Crippen LogP contribution in [0.2, 0.25) is 0 Å². The van der Waals surface area contributed by atoms with Crippen LogP contribution in [0.1, 0.15) is 32.4 Å². The van der Waals surface area contributed by atoms with Crippen molar-refractivity contribution in [2.75, 3.05) is 5.32 Å². The van der Waals surface area contributed by atoms with Crippen LogP contribution in [-0.4, -0.2) is 11.0 Å². The van der Waals surface area contributed by atoms with Crippen molar-refractivity contribution in [3.8, 4) is 0 Å². The summed E-state index contributed by atoms with van der Waals surface area (Å²) in [4.78, 5) is 4.38. The molecule has 14 heavy (non-hydrogen) atoms. The smallest absolute Gasteiger partial charge is 0.0635 e. The zero-order chi connectivity index (χ0) is 9.97. The number of nitrogens with zero attached hydrogens (tertiary/aromatic N) is 1. The van der Waals surface area contributed by atoms with E-state index in [2.05, 4.69) is 30.2 Å².